The lowest BCUT2D eigenvalue weighted by atomic mass is 10.0. The first-order chi connectivity index (χ1) is 12.5. The van der Waals surface area contributed by atoms with Crippen molar-refractivity contribution in [3.63, 3.8) is 0 Å². The molecule has 130 valence electrons. The van der Waals surface area contributed by atoms with Gasteiger partial charge in [0, 0.05) is 10.6 Å². The molecule has 3 aromatic rings. The molecule has 0 fully saturated rings. The molecule has 0 radical (unpaired) electrons. The summed E-state index contributed by atoms with van der Waals surface area (Å²) in [6, 6.07) is 19.9. The fourth-order valence-corrected chi connectivity index (χ4v) is 2.67. The van der Waals surface area contributed by atoms with Crippen LogP contribution in [0.1, 0.15) is 15.9 Å². The molecule has 4 nitrogen and oxygen atoms in total. The lowest BCUT2D eigenvalue weighted by Gasteiger charge is -2.11. The van der Waals surface area contributed by atoms with E-state index in [1.165, 1.54) is 12.1 Å². The van der Waals surface area contributed by atoms with Crippen LogP contribution in [0.5, 0.6) is 5.75 Å². The monoisotopic (exact) mass is 385 g/mol. The van der Waals surface area contributed by atoms with Gasteiger partial charge in [-0.05, 0) is 30.3 Å². The second-order valence-electron chi connectivity index (χ2n) is 5.33. The summed E-state index contributed by atoms with van der Waals surface area (Å²) < 4.78 is 5.31. The highest BCUT2D eigenvalue weighted by Crippen LogP contribution is 2.27. The number of carbonyl (C=O) groups excluding carboxylic acids is 2. The molecule has 3 aromatic carbocycles. The van der Waals surface area contributed by atoms with E-state index in [4.69, 9.17) is 27.9 Å². The number of para-hydroxylation sites is 1. The third kappa shape index (κ3) is 4.23. The maximum absolute atomic E-state index is 12.7. The van der Waals surface area contributed by atoms with E-state index < -0.39 is 6.09 Å². The van der Waals surface area contributed by atoms with Crippen molar-refractivity contribution in [3.05, 3.63) is 94.0 Å². The molecule has 0 spiro atoms. The molecule has 3 rings (SSSR count). The van der Waals surface area contributed by atoms with Gasteiger partial charge in [-0.25, -0.2) is 4.79 Å². The number of halogens is 2. The number of amides is 1. The Bertz CT molecular complexity index is 958. The summed E-state index contributed by atoms with van der Waals surface area (Å²) in [5.41, 5.74) is 1.06. The largest absolute Gasteiger partial charge is 0.417 e. The molecule has 26 heavy (non-hydrogen) atoms. The van der Waals surface area contributed by atoms with Gasteiger partial charge in [0.15, 0.2) is 5.78 Å². The number of ether oxygens (including phenoxy) is 1. The zero-order chi connectivity index (χ0) is 18.5. The van der Waals surface area contributed by atoms with Crippen LogP contribution in [0.2, 0.25) is 10.0 Å². The second-order valence-corrected chi connectivity index (χ2v) is 6.17. The Balaban J connectivity index is 1.85. The number of carbonyl (C=O) groups is 2. The first-order valence-corrected chi connectivity index (χ1v) is 8.43. The molecule has 1 amide bonds. The van der Waals surface area contributed by atoms with Gasteiger partial charge in [0.05, 0.1) is 16.3 Å². The lowest BCUT2D eigenvalue weighted by Crippen LogP contribution is -2.18. The summed E-state index contributed by atoms with van der Waals surface area (Å²) in [6.07, 6.45) is -0.762. The van der Waals surface area contributed by atoms with Gasteiger partial charge in [-0.2, -0.15) is 0 Å². The first-order valence-electron chi connectivity index (χ1n) is 7.67. The predicted octanol–water partition coefficient (Wildman–Crippen LogP) is 5.84. The summed E-state index contributed by atoms with van der Waals surface area (Å²) >= 11 is 12.0. The van der Waals surface area contributed by atoms with E-state index in [1.54, 1.807) is 54.6 Å². The van der Waals surface area contributed by atoms with E-state index in [0.29, 0.717) is 21.3 Å². The molecule has 0 aliphatic carbocycles. The van der Waals surface area contributed by atoms with Crippen molar-refractivity contribution in [1.29, 1.82) is 0 Å². The Kier molecular flexibility index (Phi) is 5.56. The van der Waals surface area contributed by atoms with Gasteiger partial charge in [0.25, 0.3) is 0 Å². The minimum atomic E-state index is -0.762. The van der Waals surface area contributed by atoms with Crippen LogP contribution in [0.3, 0.4) is 0 Å². The molecule has 0 unspecified atom stereocenters. The molecule has 1 N–H and O–H groups in total. The molecular weight excluding hydrogens is 373 g/mol. The average Bonchev–Trinajstić information content (AvgIpc) is 2.65. The molecule has 0 saturated heterocycles. The van der Waals surface area contributed by atoms with Crippen LogP contribution in [0.15, 0.2) is 72.8 Å². The summed E-state index contributed by atoms with van der Waals surface area (Å²) in [5.74, 6) is -0.193. The normalized spacial score (nSPS) is 10.2. The van der Waals surface area contributed by atoms with Crippen molar-refractivity contribution >= 4 is 40.8 Å². The Labute approximate surface area is 160 Å². The zero-order valence-corrected chi connectivity index (χ0v) is 14.9. The van der Waals surface area contributed by atoms with Crippen LogP contribution < -0.4 is 10.1 Å². The molecule has 0 saturated carbocycles. The number of rotatable bonds is 4. The quantitative estimate of drug-likeness (QED) is 0.574. The molecule has 0 heterocycles. The number of nitrogens with one attached hydrogen (secondary N) is 1. The molecule has 0 atom stereocenters. The first kappa shape index (κ1) is 18.0. The minimum absolute atomic E-state index is 0.104. The van der Waals surface area contributed by atoms with E-state index in [1.807, 2.05) is 6.07 Å². The standard InChI is InChI=1S/C20H13Cl2NO3/c21-14-10-11-18(15(12-14)19(24)13-6-2-1-3-7-13)26-20(25)23-17-9-5-4-8-16(17)22/h1-12H,(H,23,25). The van der Waals surface area contributed by atoms with Crippen LogP contribution in [0, 0.1) is 0 Å². The lowest BCUT2D eigenvalue weighted by molar-refractivity contribution is 0.103. The predicted molar refractivity (Wildman–Crippen MR) is 102 cm³/mol. The Morgan fingerprint density at radius 2 is 1.54 bits per heavy atom. The summed E-state index contributed by atoms with van der Waals surface area (Å²) in [5, 5.41) is 3.28. The Morgan fingerprint density at radius 3 is 2.27 bits per heavy atom. The van der Waals surface area contributed by atoms with Crippen molar-refractivity contribution in [2.75, 3.05) is 5.32 Å². The topological polar surface area (TPSA) is 55.4 Å². The van der Waals surface area contributed by atoms with Gasteiger partial charge in [0.2, 0.25) is 0 Å². The Morgan fingerprint density at radius 1 is 0.846 bits per heavy atom. The summed E-state index contributed by atoms with van der Waals surface area (Å²) in [4.78, 5) is 24.9. The second kappa shape index (κ2) is 8.04. The van der Waals surface area contributed by atoms with Crippen LogP contribution in [-0.2, 0) is 0 Å². The number of ketones is 1. The van der Waals surface area contributed by atoms with Crippen molar-refractivity contribution < 1.29 is 14.3 Å². The fourth-order valence-electron chi connectivity index (χ4n) is 2.31. The van der Waals surface area contributed by atoms with Gasteiger partial charge in [-0.15, -0.1) is 0 Å². The fraction of sp³-hybridized carbons (Fsp3) is 0. The van der Waals surface area contributed by atoms with Gasteiger partial charge in [0.1, 0.15) is 5.75 Å². The molecule has 0 aliphatic heterocycles. The number of hydrogen-bond donors (Lipinski definition) is 1. The summed E-state index contributed by atoms with van der Waals surface area (Å²) in [7, 11) is 0. The van der Waals surface area contributed by atoms with E-state index >= 15 is 0 Å². The van der Waals surface area contributed by atoms with Gasteiger partial charge in [-0.1, -0.05) is 65.7 Å². The van der Waals surface area contributed by atoms with Gasteiger partial charge in [-0.3, -0.25) is 10.1 Å². The Hall–Kier alpha value is -2.82. The van der Waals surface area contributed by atoms with Crippen molar-refractivity contribution in [3.8, 4) is 5.75 Å². The highest BCUT2D eigenvalue weighted by atomic mass is 35.5. The zero-order valence-electron chi connectivity index (χ0n) is 13.4. The smallest absolute Gasteiger partial charge is 0.409 e. The van der Waals surface area contributed by atoms with Crippen LogP contribution in [0.25, 0.3) is 0 Å². The minimum Gasteiger partial charge on any atom is -0.409 e. The average molecular weight is 386 g/mol. The maximum atomic E-state index is 12.7. The third-order valence-electron chi connectivity index (χ3n) is 3.54. The molecule has 6 heteroatoms. The number of benzene rings is 3. The van der Waals surface area contributed by atoms with Crippen LogP contribution in [0.4, 0.5) is 10.5 Å². The van der Waals surface area contributed by atoms with Crippen LogP contribution >= 0.6 is 23.2 Å². The van der Waals surface area contributed by atoms with Crippen molar-refractivity contribution in [2.45, 2.75) is 0 Å². The highest BCUT2D eigenvalue weighted by Gasteiger charge is 2.18. The number of anilines is 1. The third-order valence-corrected chi connectivity index (χ3v) is 4.10. The summed E-state index contributed by atoms with van der Waals surface area (Å²) in [6.45, 7) is 0. The van der Waals surface area contributed by atoms with Gasteiger partial charge >= 0.3 is 6.09 Å². The molecule has 0 aromatic heterocycles. The van der Waals surface area contributed by atoms with E-state index in [0.717, 1.165) is 0 Å². The van der Waals surface area contributed by atoms with Crippen molar-refractivity contribution in [1.82, 2.24) is 0 Å². The van der Waals surface area contributed by atoms with Crippen molar-refractivity contribution in [2.24, 2.45) is 0 Å². The molecular formula is C20H13Cl2NO3. The van der Waals surface area contributed by atoms with E-state index in [-0.39, 0.29) is 17.1 Å². The van der Waals surface area contributed by atoms with Crippen LogP contribution in [-0.4, -0.2) is 11.9 Å². The van der Waals surface area contributed by atoms with E-state index in [2.05, 4.69) is 5.32 Å². The highest BCUT2D eigenvalue weighted by molar-refractivity contribution is 6.33. The maximum Gasteiger partial charge on any atom is 0.417 e. The number of hydrogen-bond acceptors (Lipinski definition) is 3. The van der Waals surface area contributed by atoms with E-state index in [9.17, 15) is 9.59 Å². The van der Waals surface area contributed by atoms with Gasteiger partial charge < -0.3 is 4.74 Å². The molecule has 0 bridgehead atoms. The SMILES string of the molecule is O=C(Nc1ccccc1Cl)Oc1ccc(Cl)cc1C(=O)c1ccccc1. The molecule has 0 aliphatic rings.